The topological polar surface area (TPSA) is 85.2 Å². The first-order chi connectivity index (χ1) is 15.7. The normalized spacial score (nSPS) is 14.7. The van der Waals surface area contributed by atoms with Gasteiger partial charge in [-0.15, -0.1) is 0 Å². The molecule has 0 bridgehead atoms. The zero-order valence-corrected chi connectivity index (χ0v) is 20.1. The van der Waals surface area contributed by atoms with Crippen molar-refractivity contribution < 1.29 is 29.2 Å². The maximum absolute atomic E-state index is 13.3. The van der Waals surface area contributed by atoms with Crippen molar-refractivity contribution in [2.75, 3.05) is 14.2 Å². The SMILES string of the molecule is COc1ccc(C2CC(=O)c3c(O)c(CC=C(C)C)c(OC)c(CC=C(C)C)c3O2)cc1O. The van der Waals surface area contributed by atoms with Gasteiger partial charge in [0.1, 0.15) is 28.9 Å². The minimum Gasteiger partial charge on any atom is -0.507 e. The number of ketones is 1. The number of phenolic OH excluding ortho intramolecular Hbond substituents is 2. The Kier molecular flexibility index (Phi) is 7.36. The number of benzene rings is 2. The molecule has 1 atom stereocenters. The molecule has 0 radical (unpaired) electrons. The van der Waals surface area contributed by atoms with Gasteiger partial charge in [-0.05, 0) is 58.2 Å². The van der Waals surface area contributed by atoms with Crippen molar-refractivity contribution >= 4 is 5.78 Å². The van der Waals surface area contributed by atoms with Crippen LogP contribution in [-0.4, -0.2) is 30.2 Å². The minimum atomic E-state index is -0.611. The lowest BCUT2D eigenvalue weighted by Gasteiger charge is -2.30. The fourth-order valence-electron chi connectivity index (χ4n) is 3.97. The second-order valence-corrected chi connectivity index (χ2v) is 8.68. The number of carbonyl (C=O) groups excluding carboxylic acids is 1. The predicted octanol–water partition coefficient (Wildman–Crippen LogP) is 5.84. The standard InChI is InChI=1S/C27H32O6/c1-15(2)7-10-18-25(30)24-21(29)14-23(17-9-12-22(31-5)20(28)13-17)33-27(24)19(26(18)32-6)11-8-16(3)4/h7-9,12-13,23,28,30H,10-11,14H2,1-6H3. The largest absolute Gasteiger partial charge is 0.507 e. The lowest BCUT2D eigenvalue weighted by atomic mass is 9.89. The third-order valence-electron chi connectivity index (χ3n) is 5.69. The average Bonchev–Trinajstić information content (AvgIpc) is 2.76. The third-order valence-corrected chi connectivity index (χ3v) is 5.69. The van der Waals surface area contributed by atoms with Crippen LogP contribution in [0.5, 0.6) is 28.7 Å². The van der Waals surface area contributed by atoms with Crippen LogP contribution in [-0.2, 0) is 12.8 Å². The molecule has 2 N–H and O–H groups in total. The van der Waals surface area contributed by atoms with Crippen molar-refractivity contribution in [3.05, 3.63) is 63.8 Å². The summed E-state index contributed by atoms with van der Waals surface area (Å²) >= 11 is 0. The van der Waals surface area contributed by atoms with E-state index in [-0.39, 0.29) is 29.3 Å². The van der Waals surface area contributed by atoms with Gasteiger partial charge in [0.05, 0.1) is 20.6 Å². The zero-order chi connectivity index (χ0) is 24.3. The predicted molar refractivity (Wildman–Crippen MR) is 128 cm³/mol. The maximum atomic E-state index is 13.3. The Hall–Kier alpha value is -3.41. The molecule has 33 heavy (non-hydrogen) atoms. The molecule has 0 amide bonds. The van der Waals surface area contributed by atoms with Crippen LogP contribution in [0.4, 0.5) is 0 Å². The van der Waals surface area contributed by atoms with Crippen LogP contribution in [0.2, 0.25) is 0 Å². The van der Waals surface area contributed by atoms with E-state index in [0.717, 1.165) is 16.7 Å². The number of carbonyl (C=O) groups is 1. The molecule has 0 fully saturated rings. The van der Waals surface area contributed by atoms with Gasteiger partial charge < -0.3 is 24.4 Å². The van der Waals surface area contributed by atoms with Gasteiger partial charge in [-0.2, -0.15) is 0 Å². The summed E-state index contributed by atoms with van der Waals surface area (Å²) in [6.45, 7) is 7.96. The first kappa shape index (κ1) is 24.2. The van der Waals surface area contributed by atoms with Gasteiger partial charge in [-0.1, -0.05) is 29.4 Å². The first-order valence-corrected chi connectivity index (χ1v) is 11.0. The van der Waals surface area contributed by atoms with Crippen molar-refractivity contribution in [2.45, 2.75) is 53.1 Å². The van der Waals surface area contributed by atoms with E-state index in [0.29, 0.717) is 41.2 Å². The van der Waals surface area contributed by atoms with Crippen molar-refractivity contribution in [3.8, 4) is 28.7 Å². The number of phenols is 2. The van der Waals surface area contributed by atoms with Crippen molar-refractivity contribution in [1.29, 1.82) is 0 Å². The number of rotatable bonds is 7. The van der Waals surface area contributed by atoms with E-state index < -0.39 is 6.10 Å². The van der Waals surface area contributed by atoms with Gasteiger partial charge in [-0.3, -0.25) is 4.79 Å². The highest BCUT2D eigenvalue weighted by atomic mass is 16.5. The molecule has 3 rings (SSSR count). The molecule has 1 unspecified atom stereocenters. The molecule has 2 aromatic rings. The highest BCUT2D eigenvalue weighted by molar-refractivity contribution is 6.04. The second-order valence-electron chi connectivity index (χ2n) is 8.68. The van der Waals surface area contributed by atoms with Gasteiger partial charge in [0.15, 0.2) is 17.3 Å². The molecule has 1 aliphatic heterocycles. The maximum Gasteiger partial charge on any atom is 0.174 e. The summed E-state index contributed by atoms with van der Waals surface area (Å²) in [6, 6.07) is 4.94. The number of allylic oxidation sites excluding steroid dienone is 4. The molecule has 0 saturated heterocycles. The van der Waals surface area contributed by atoms with Gasteiger partial charge >= 0.3 is 0 Å². The number of hydrogen-bond acceptors (Lipinski definition) is 6. The van der Waals surface area contributed by atoms with Gasteiger partial charge in [0, 0.05) is 11.1 Å². The summed E-state index contributed by atoms with van der Waals surface area (Å²) in [4.78, 5) is 13.3. The van der Waals surface area contributed by atoms with E-state index in [1.807, 2.05) is 39.8 Å². The summed E-state index contributed by atoms with van der Waals surface area (Å²) in [7, 11) is 3.03. The molecule has 0 spiro atoms. The number of hydrogen-bond donors (Lipinski definition) is 2. The summed E-state index contributed by atoms with van der Waals surface area (Å²) < 4.78 is 17.2. The van der Waals surface area contributed by atoms with E-state index >= 15 is 0 Å². The van der Waals surface area contributed by atoms with Crippen LogP contribution in [0.25, 0.3) is 0 Å². The lowest BCUT2D eigenvalue weighted by molar-refractivity contribution is 0.0841. The highest BCUT2D eigenvalue weighted by Crippen LogP contribution is 2.49. The first-order valence-electron chi connectivity index (χ1n) is 11.0. The molecular formula is C27H32O6. The zero-order valence-electron chi connectivity index (χ0n) is 20.1. The Labute approximate surface area is 195 Å². The Morgan fingerprint density at radius 2 is 1.67 bits per heavy atom. The molecular weight excluding hydrogens is 420 g/mol. The summed E-state index contributed by atoms with van der Waals surface area (Å²) in [5, 5.41) is 21.3. The van der Waals surface area contributed by atoms with Gasteiger partial charge in [0.25, 0.3) is 0 Å². The molecule has 0 aliphatic carbocycles. The van der Waals surface area contributed by atoms with Crippen LogP contribution < -0.4 is 14.2 Å². The number of ether oxygens (including phenoxy) is 3. The fraction of sp³-hybridized carbons (Fsp3) is 0.370. The van der Waals surface area contributed by atoms with E-state index in [1.165, 1.54) is 13.2 Å². The fourth-order valence-corrected chi connectivity index (χ4v) is 3.97. The molecule has 1 aliphatic rings. The van der Waals surface area contributed by atoms with Crippen LogP contribution in [0, 0.1) is 0 Å². The van der Waals surface area contributed by atoms with Crippen LogP contribution in [0.3, 0.4) is 0 Å². The number of fused-ring (bicyclic) bond motifs is 1. The second kappa shape index (κ2) is 10.0. The van der Waals surface area contributed by atoms with Crippen LogP contribution >= 0.6 is 0 Å². The van der Waals surface area contributed by atoms with E-state index in [9.17, 15) is 15.0 Å². The molecule has 176 valence electrons. The summed E-state index contributed by atoms with van der Waals surface area (Å²) in [5.41, 5.74) is 4.35. The Balaban J connectivity index is 2.19. The van der Waals surface area contributed by atoms with E-state index in [4.69, 9.17) is 14.2 Å². The molecule has 6 nitrogen and oxygen atoms in total. The monoisotopic (exact) mass is 452 g/mol. The molecule has 0 aromatic heterocycles. The minimum absolute atomic E-state index is 0.0286. The smallest absolute Gasteiger partial charge is 0.174 e. The summed E-state index contributed by atoms with van der Waals surface area (Å²) in [6.07, 6.45) is 4.39. The highest BCUT2D eigenvalue weighted by Gasteiger charge is 2.36. The van der Waals surface area contributed by atoms with Crippen LogP contribution in [0.15, 0.2) is 41.5 Å². The molecule has 0 saturated carbocycles. The van der Waals surface area contributed by atoms with E-state index in [1.54, 1.807) is 19.2 Å². The van der Waals surface area contributed by atoms with E-state index in [2.05, 4.69) is 0 Å². The van der Waals surface area contributed by atoms with Gasteiger partial charge in [-0.25, -0.2) is 0 Å². The molecule has 6 heteroatoms. The van der Waals surface area contributed by atoms with Crippen molar-refractivity contribution in [2.24, 2.45) is 0 Å². The number of Topliss-reactive ketones (excluding diaryl/α,β-unsaturated/α-hetero) is 1. The quantitative estimate of drug-likeness (QED) is 0.514. The number of aromatic hydroxyl groups is 2. The Morgan fingerprint density at radius 3 is 2.21 bits per heavy atom. The Bertz CT molecular complexity index is 1120. The lowest BCUT2D eigenvalue weighted by Crippen LogP contribution is -2.22. The van der Waals surface area contributed by atoms with Crippen molar-refractivity contribution in [3.63, 3.8) is 0 Å². The average molecular weight is 453 g/mol. The third kappa shape index (κ3) is 5.00. The molecule has 1 heterocycles. The molecule has 2 aromatic carbocycles. The summed E-state index contributed by atoms with van der Waals surface area (Å²) in [5.74, 6) is 0.856. The van der Waals surface area contributed by atoms with Crippen molar-refractivity contribution in [1.82, 2.24) is 0 Å². The Morgan fingerprint density at radius 1 is 1.03 bits per heavy atom. The van der Waals surface area contributed by atoms with Crippen LogP contribution in [0.1, 0.15) is 67.3 Å². The number of methoxy groups -OCH3 is 2. The van der Waals surface area contributed by atoms with Gasteiger partial charge in [0.2, 0.25) is 0 Å².